The van der Waals surface area contributed by atoms with Gasteiger partial charge in [0.2, 0.25) is 0 Å². The third-order valence-electron chi connectivity index (χ3n) is 2.43. The molecule has 0 radical (unpaired) electrons. The molecule has 2 atom stereocenters. The van der Waals surface area contributed by atoms with E-state index in [9.17, 15) is 19.2 Å². The van der Waals surface area contributed by atoms with Crippen LogP contribution < -0.4 is 0 Å². The summed E-state index contributed by atoms with van der Waals surface area (Å²) in [7, 11) is 0. The van der Waals surface area contributed by atoms with Gasteiger partial charge in [-0.25, -0.2) is 0 Å². The Balaban J connectivity index is 4.89. The second-order valence-corrected chi connectivity index (χ2v) is 4.34. The molecule has 0 N–H and O–H groups in total. The molecule has 19 heavy (non-hydrogen) atoms. The van der Waals surface area contributed by atoms with Crippen LogP contribution in [0.3, 0.4) is 0 Å². The SMILES string of the molecule is CCC(=O)O[C@H](C(C)=O)[C@H](COC(C)=O)CC(C)=O. The standard InChI is InChI=1S/C13H20O6/c1-5-12(17)19-13(9(3)15)11(6-8(2)14)7-18-10(4)16/h11,13H,5-7H2,1-4H3/t11-,13+/m0/s1. The Hall–Kier alpha value is -1.72. The Morgan fingerprint density at radius 1 is 1.05 bits per heavy atom. The largest absolute Gasteiger partial charge is 0.465 e. The number of carbonyl (C=O) groups excluding carboxylic acids is 4. The summed E-state index contributed by atoms with van der Waals surface area (Å²) in [6.07, 6.45) is -0.922. The van der Waals surface area contributed by atoms with E-state index in [0.29, 0.717) is 0 Å². The van der Waals surface area contributed by atoms with Crippen LogP contribution in [0.4, 0.5) is 0 Å². The molecule has 0 saturated carbocycles. The molecule has 0 heterocycles. The highest BCUT2D eigenvalue weighted by Crippen LogP contribution is 2.16. The second-order valence-electron chi connectivity index (χ2n) is 4.34. The van der Waals surface area contributed by atoms with Crippen molar-refractivity contribution in [3.05, 3.63) is 0 Å². The van der Waals surface area contributed by atoms with Gasteiger partial charge in [0.25, 0.3) is 0 Å². The zero-order valence-electron chi connectivity index (χ0n) is 11.7. The summed E-state index contributed by atoms with van der Waals surface area (Å²) in [6.45, 7) is 5.33. The predicted octanol–water partition coefficient (Wildman–Crippen LogP) is 1.06. The fraction of sp³-hybridized carbons (Fsp3) is 0.692. The van der Waals surface area contributed by atoms with Crippen molar-refractivity contribution in [3.8, 4) is 0 Å². The molecule has 0 bridgehead atoms. The maximum atomic E-state index is 11.5. The average molecular weight is 272 g/mol. The third kappa shape index (κ3) is 7.33. The molecule has 0 rings (SSSR count). The highest BCUT2D eigenvalue weighted by Gasteiger charge is 2.31. The fourth-order valence-electron chi connectivity index (χ4n) is 1.58. The van der Waals surface area contributed by atoms with Crippen LogP contribution in [0.1, 0.15) is 40.5 Å². The van der Waals surface area contributed by atoms with Crippen molar-refractivity contribution in [2.75, 3.05) is 6.61 Å². The van der Waals surface area contributed by atoms with E-state index in [1.165, 1.54) is 20.8 Å². The average Bonchev–Trinajstić information content (AvgIpc) is 2.30. The first-order valence-corrected chi connectivity index (χ1v) is 6.10. The van der Waals surface area contributed by atoms with Gasteiger partial charge in [-0.3, -0.25) is 14.4 Å². The molecule has 0 unspecified atom stereocenters. The highest BCUT2D eigenvalue weighted by atomic mass is 16.6. The first kappa shape index (κ1) is 17.3. The molecule has 0 aliphatic heterocycles. The molecule has 0 fully saturated rings. The van der Waals surface area contributed by atoms with Crippen LogP contribution in [-0.4, -0.2) is 36.2 Å². The van der Waals surface area contributed by atoms with Crippen LogP contribution in [0.15, 0.2) is 0 Å². The van der Waals surface area contributed by atoms with Gasteiger partial charge in [0.05, 0.1) is 6.61 Å². The Bertz CT molecular complexity index is 360. The number of hydrogen-bond donors (Lipinski definition) is 0. The number of carbonyl (C=O) groups is 4. The van der Waals surface area contributed by atoms with Gasteiger partial charge in [0, 0.05) is 25.7 Å². The number of ether oxygens (including phenoxy) is 2. The van der Waals surface area contributed by atoms with Crippen LogP contribution in [0.5, 0.6) is 0 Å². The van der Waals surface area contributed by atoms with Crippen molar-refractivity contribution in [2.24, 2.45) is 5.92 Å². The molecule has 0 aliphatic rings. The number of hydrogen-bond acceptors (Lipinski definition) is 6. The molecule has 0 saturated heterocycles. The van der Waals surface area contributed by atoms with E-state index in [-0.39, 0.29) is 31.0 Å². The quantitative estimate of drug-likeness (QED) is 0.614. The summed E-state index contributed by atoms with van der Waals surface area (Å²) in [5.41, 5.74) is 0. The first-order chi connectivity index (χ1) is 8.77. The van der Waals surface area contributed by atoms with E-state index < -0.39 is 24.0 Å². The minimum atomic E-state index is -1.06. The van der Waals surface area contributed by atoms with Crippen molar-refractivity contribution in [3.63, 3.8) is 0 Å². The van der Waals surface area contributed by atoms with Gasteiger partial charge in [-0.05, 0) is 13.8 Å². The van der Waals surface area contributed by atoms with Crippen molar-refractivity contribution in [1.82, 2.24) is 0 Å². The van der Waals surface area contributed by atoms with Gasteiger partial charge in [0.15, 0.2) is 11.9 Å². The molecule has 6 nitrogen and oxygen atoms in total. The van der Waals surface area contributed by atoms with Crippen molar-refractivity contribution < 1.29 is 28.7 Å². The van der Waals surface area contributed by atoms with E-state index >= 15 is 0 Å². The van der Waals surface area contributed by atoms with Gasteiger partial charge in [-0.1, -0.05) is 6.92 Å². The summed E-state index contributed by atoms with van der Waals surface area (Å²) >= 11 is 0. The molecule has 0 aliphatic carbocycles. The van der Waals surface area contributed by atoms with E-state index in [4.69, 9.17) is 9.47 Å². The molecule has 0 amide bonds. The second kappa shape index (κ2) is 8.39. The molecule has 108 valence electrons. The molecule has 0 spiro atoms. The lowest BCUT2D eigenvalue weighted by Gasteiger charge is -2.23. The maximum Gasteiger partial charge on any atom is 0.306 e. The number of Topliss-reactive ketones (excluding diaryl/α,β-unsaturated/α-hetero) is 2. The van der Waals surface area contributed by atoms with Crippen molar-refractivity contribution >= 4 is 23.5 Å². The molecule has 0 aromatic rings. The van der Waals surface area contributed by atoms with Gasteiger partial charge in [0.1, 0.15) is 5.78 Å². The molecule has 0 aromatic heterocycles. The van der Waals surface area contributed by atoms with Gasteiger partial charge in [-0.2, -0.15) is 0 Å². The van der Waals surface area contributed by atoms with E-state index in [1.807, 2.05) is 0 Å². The minimum Gasteiger partial charge on any atom is -0.465 e. The van der Waals surface area contributed by atoms with Gasteiger partial charge in [-0.15, -0.1) is 0 Å². The van der Waals surface area contributed by atoms with Crippen LogP contribution in [0.2, 0.25) is 0 Å². The topological polar surface area (TPSA) is 86.7 Å². The number of ketones is 2. The Kier molecular flexibility index (Phi) is 7.63. The van der Waals surface area contributed by atoms with Crippen LogP contribution in [0.25, 0.3) is 0 Å². The smallest absolute Gasteiger partial charge is 0.306 e. The predicted molar refractivity (Wildman–Crippen MR) is 66.3 cm³/mol. The lowest BCUT2D eigenvalue weighted by atomic mass is 9.94. The Morgan fingerprint density at radius 2 is 1.63 bits per heavy atom. The lowest BCUT2D eigenvalue weighted by Crippen LogP contribution is -2.37. The summed E-state index contributed by atoms with van der Waals surface area (Å²) in [5.74, 6) is -2.24. The summed E-state index contributed by atoms with van der Waals surface area (Å²) in [5, 5.41) is 0. The van der Waals surface area contributed by atoms with Crippen molar-refractivity contribution in [1.29, 1.82) is 0 Å². The van der Waals surface area contributed by atoms with Crippen LogP contribution >= 0.6 is 0 Å². The zero-order chi connectivity index (χ0) is 15.0. The highest BCUT2D eigenvalue weighted by molar-refractivity contribution is 5.85. The molecular formula is C13H20O6. The fourth-order valence-corrected chi connectivity index (χ4v) is 1.58. The van der Waals surface area contributed by atoms with Gasteiger partial charge < -0.3 is 14.3 Å². The summed E-state index contributed by atoms with van der Waals surface area (Å²) in [4.78, 5) is 44.8. The Labute approximate surface area is 112 Å². The summed E-state index contributed by atoms with van der Waals surface area (Å²) < 4.78 is 9.84. The van der Waals surface area contributed by atoms with E-state index in [2.05, 4.69) is 0 Å². The van der Waals surface area contributed by atoms with E-state index in [0.717, 1.165) is 0 Å². The minimum absolute atomic E-state index is 0.00845. The van der Waals surface area contributed by atoms with Crippen molar-refractivity contribution in [2.45, 2.75) is 46.6 Å². The molecular weight excluding hydrogens is 252 g/mol. The Morgan fingerprint density at radius 3 is 2.00 bits per heavy atom. The number of esters is 2. The maximum absolute atomic E-state index is 11.5. The van der Waals surface area contributed by atoms with Gasteiger partial charge >= 0.3 is 11.9 Å². The lowest BCUT2D eigenvalue weighted by molar-refractivity contribution is -0.161. The third-order valence-corrected chi connectivity index (χ3v) is 2.43. The summed E-state index contributed by atoms with van der Waals surface area (Å²) in [6, 6.07) is 0. The monoisotopic (exact) mass is 272 g/mol. The molecule has 0 aromatic carbocycles. The first-order valence-electron chi connectivity index (χ1n) is 6.10. The van der Waals surface area contributed by atoms with Crippen LogP contribution in [0, 0.1) is 5.92 Å². The zero-order valence-corrected chi connectivity index (χ0v) is 11.7. The van der Waals surface area contributed by atoms with Crippen LogP contribution in [-0.2, 0) is 28.7 Å². The molecule has 6 heteroatoms. The normalized spacial score (nSPS) is 13.3. The number of rotatable bonds is 8. The van der Waals surface area contributed by atoms with E-state index in [1.54, 1.807) is 6.92 Å².